The van der Waals surface area contributed by atoms with Crippen molar-refractivity contribution in [2.24, 2.45) is 0 Å². The zero-order valence-electron chi connectivity index (χ0n) is 18.8. The molecule has 1 saturated heterocycles. The second-order valence-corrected chi connectivity index (χ2v) is 10.4. The molecule has 0 unspecified atom stereocenters. The van der Waals surface area contributed by atoms with E-state index in [1.807, 2.05) is 24.3 Å². The fourth-order valence-electron chi connectivity index (χ4n) is 3.39. The standard InChI is InChI=1S/C25H18Br2N2O6S/c1-34-21-11-17(10-20(27)23(21)35-14-16-4-8-19(9-5-16)29(32)33)12-22-24(30)28(25(31)36-22)13-15-2-6-18(26)7-3-15/h2-12H,13-14H2,1H3/b22-12-. The molecule has 36 heavy (non-hydrogen) atoms. The first kappa shape index (κ1) is 25.9. The lowest BCUT2D eigenvalue weighted by Crippen LogP contribution is -2.27. The highest BCUT2D eigenvalue weighted by Gasteiger charge is 2.35. The average Bonchev–Trinajstić information content (AvgIpc) is 3.11. The summed E-state index contributed by atoms with van der Waals surface area (Å²) in [6, 6.07) is 17.0. The number of nitro groups is 1. The van der Waals surface area contributed by atoms with E-state index in [1.54, 1.807) is 30.3 Å². The number of ether oxygens (including phenoxy) is 2. The maximum atomic E-state index is 12.9. The number of benzene rings is 3. The third-order valence-electron chi connectivity index (χ3n) is 5.21. The Morgan fingerprint density at radius 1 is 1.03 bits per heavy atom. The van der Waals surface area contributed by atoms with Gasteiger partial charge in [0.15, 0.2) is 11.5 Å². The Bertz CT molecular complexity index is 1360. The number of non-ortho nitro benzene ring substituents is 1. The van der Waals surface area contributed by atoms with Crippen molar-refractivity contribution in [1.29, 1.82) is 0 Å². The summed E-state index contributed by atoms with van der Waals surface area (Å²) in [7, 11) is 1.50. The lowest BCUT2D eigenvalue weighted by atomic mass is 10.1. The Morgan fingerprint density at radius 3 is 2.33 bits per heavy atom. The monoisotopic (exact) mass is 632 g/mol. The number of hydrogen-bond acceptors (Lipinski definition) is 7. The number of imide groups is 1. The number of nitrogens with zero attached hydrogens (tertiary/aromatic N) is 2. The van der Waals surface area contributed by atoms with Gasteiger partial charge in [0.05, 0.1) is 28.0 Å². The Hall–Kier alpha value is -3.15. The van der Waals surface area contributed by atoms with Crippen molar-refractivity contribution in [3.8, 4) is 11.5 Å². The van der Waals surface area contributed by atoms with Gasteiger partial charge < -0.3 is 9.47 Å². The SMILES string of the molecule is COc1cc(/C=C2\SC(=O)N(Cc3ccc(Br)cc3)C2=O)cc(Br)c1OCc1ccc([N+](=O)[O-])cc1. The molecule has 0 spiro atoms. The number of hydrogen-bond donors (Lipinski definition) is 0. The fraction of sp³-hybridized carbons (Fsp3) is 0.120. The van der Waals surface area contributed by atoms with Gasteiger partial charge in [-0.15, -0.1) is 0 Å². The van der Waals surface area contributed by atoms with Gasteiger partial charge in [0.25, 0.3) is 16.8 Å². The smallest absolute Gasteiger partial charge is 0.293 e. The van der Waals surface area contributed by atoms with Crippen molar-refractivity contribution in [3.05, 3.63) is 101 Å². The highest BCUT2D eigenvalue weighted by molar-refractivity contribution is 9.10. The molecule has 0 atom stereocenters. The molecule has 1 aliphatic heterocycles. The molecule has 8 nitrogen and oxygen atoms in total. The highest BCUT2D eigenvalue weighted by atomic mass is 79.9. The molecule has 0 saturated carbocycles. The molecule has 0 bridgehead atoms. The maximum Gasteiger partial charge on any atom is 0.293 e. The summed E-state index contributed by atoms with van der Waals surface area (Å²) < 4.78 is 12.9. The van der Waals surface area contributed by atoms with Crippen LogP contribution in [0.3, 0.4) is 0 Å². The summed E-state index contributed by atoms with van der Waals surface area (Å²) in [5.74, 6) is 0.504. The Labute approximate surface area is 227 Å². The third kappa shape index (κ3) is 5.97. The molecule has 3 aromatic rings. The third-order valence-corrected chi connectivity index (χ3v) is 7.23. The van der Waals surface area contributed by atoms with Crippen LogP contribution in [0.25, 0.3) is 6.08 Å². The first-order chi connectivity index (χ1) is 17.2. The van der Waals surface area contributed by atoms with Gasteiger partial charge in [-0.25, -0.2) is 0 Å². The van der Waals surface area contributed by atoms with Crippen LogP contribution in [-0.4, -0.2) is 28.1 Å². The Kier molecular flexibility index (Phi) is 8.12. The number of nitro benzene ring substituents is 1. The van der Waals surface area contributed by atoms with Crippen LogP contribution in [0.5, 0.6) is 11.5 Å². The van der Waals surface area contributed by atoms with Gasteiger partial charge in [0.1, 0.15) is 6.61 Å². The summed E-state index contributed by atoms with van der Waals surface area (Å²) in [6.45, 7) is 0.360. The maximum absolute atomic E-state index is 12.9. The minimum Gasteiger partial charge on any atom is -0.493 e. The van der Waals surface area contributed by atoms with Crippen LogP contribution in [0.1, 0.15) is 16.7 Å². The van der Waals surface area contributed by atoms with Crippen LogP contribution >= 0.6 is 43.6 Å². The van der Waals surface area contributed by atoms with Crippen LogP contribution in [-0.2, 0) is 17.9 Å². The number of halogens is 2. The topological polar surface area (TPSA) is 99.0 Å². The van der Waals surface area contributed by atoms with E-state index in [9.17, 15) is 19.7 Å². The minimum atomic E-state index is -0.460. The van der Waals surface area contributed by atoms with E-state index in [-0.39, 0.29) is 30.0 Å². The molecule has 3 aromatic carbocycles. The molecule has 11 heteroatoms. The van der Waals surface area contributed by atoms with Gasteiger partial charge in [0.2, 0.25) is 0 Å². The molecule has 1 heterocycles. The number of methoxy groups -OCH3 is 1. The van der Waals surface area contributed by atoms with Gasteiger partial charge >= 0.3 is 0 Å². The van der Waals surface area contributed by atoms with Gasteiger partial charge in [-0.2, -0.15) is 0 Å². The van der Waals surface area contributed by atoms with E-state index in [2.05, 4.69) is 31.9 Å². The first-order valence-corrected chi connectivity index (χ1v) is 12.9. The normalized spacial score (nSPS) is 14.4. The van der Waals surface area contributed by atoms with E-state index >= 15 is 0 Å². The molecule has 0 aromatic heterocycles. The van der Waals surface area contributed by atoms with Crippen molar-refractivity contribution in [2.45, 2.75) is 13.2 Å². The second kappa shape index (κ2) is 11.3. The van der Waals surface area contributed by atoms with Crippen LogP contribution < -0.4 is 9.47 Å². The zero-order valence-corrected chi connectivity index (χ0v) is 22.8. The van der Waals surface area contributed by atoms with Gasteiger partial charge in [-0.05, 0) is 86.9 Å². The molecule has 4 rings (SSSR count). The summed E-state index contributed by atoms with van der Waals surface area (Å²) in [5, 5.41) is 10.5. The lowest BCUT2D eigenvalue weighted by Gasteiger charge is -2.14. The Morgan fingerprint density at radius 2 is 1.69 bits per heavy atom. The summed E-state index contributed by atoms with van der Waals surface area (Å²) >= 11 is 7.75. The fourth-order valence-corrected chi connectivity index (χ4v) is 5.07. The number of amides is 2. The minimum absolute atomic E-state index is 0.00289. The van der Waals surface area contributed by atoms with Gasteiger partial charge in [0, 0.05) is 16.6 Å². The van der Waals surface area contributed by atoms with Crippen LogP contribution in [0, 0.1) is 10.1 Å². The predicted octanol–water partition coefficient (Wildman–Crippen LogP) is 6.94. The molecular formula is C25H18Br2N2O6S. The molecule has 2 amide bonds. The lowest BCUT2D eigenvalue weighted by molar-refractivity contribution is -0.384. The summed E-state index contributed by atoms with van der Waals surface area (Å²) in [5.41, 5.74) is 2.25. The zero-order chi connectivity index (χ0) is 25.8. The van der Waals surface area contributed by atoms with E-state index in [4.69, 9.17) is 9.47 Å². The van der Waals surface area contributed by atoms with E-state index in [0.717, 1.165) is 27.4 Å². The van der Waals surface area contributed by atoms with E-state index in [1.165, 1.54) is 24.1 Å². The van der Waals surface area contributed by atoms with Crippen molar-refractivity contribution >= 4 is 66.5 Å². The molecule has 0 aliphatic carbocycles. The van der Waals surface area contributed by atoms with Crippen molar-refractivity contribution < 1.29 is 24.0 Å². The van der Waals surface area contributed by atoms with Crippen molar-refractivity contribution in [1.82, 2.24) is 4.90 Å². The van der Waals surface area contributed by atoms with Crippen LogP contribution in [0.15, 0.2) is 74.5 Å². The van der Waals surface area contributed by atoms with Gasteiger partial charge in [-0.1, -0.05) is 28.1 Å². The molecular weight excluding hydrogens is 616 g/mol. The first-order valence-electron chi connectivity index (χ1n) is 10.5. The number of thioether (sulfide) groups is 1. The van der Waals surface area contributed by atoms with E-state index < -0.39 is 4.92 Å². The van der Waals surface area contributed by atoms with Crippen molar-refractivity contribution in [2.75, 3.05) is 7.11 Å². The molecule has 1 aliphatic rings. The largest absolute Gasteiger partial charge is 0.493 e. The molecule has 184 valence electrons. The summed E-state index contributed by atoms with van der Waals surface area (Å²) in [6.07, 6.45) is 1.64. The number of carbonyl (C=O) groups excluding carboxylic acids is 2. The van der Waals surface area contributed by atoms with Crippen molar-refractivity contribution in [3.63, 3.8) is 0 Å². The second-order valence-electron chi connectivity index (χ2n) is 7.64. The average molecular weight is 634 g/mol. The van der Waals surface area contributed by atoms with Crippen LogP contribution in [0.2, 0.25) is 0 Å². The van der Waals surface area contributed by atoms with Gasteiger partial charge in [-0.3, -0.25) is 24.6 Å². The Balaban J connectivity index is 1.50. The van der Waals surface area contributed by atoms with Crippen LogP contribution in [0.4, 0.5) is 10.5 Å². The predicted molar refractivity (Wildman–Crippen MR) is 144 cm³/mol. The van der Waals surface area contributed by atoms with E-state index in [0.29, 0.717) is 26.4 Å². The highest BCUT2D eigenvalue weighted by Crippen LogP contribution is 2.39. The summed E-state index contributed by atoms with van der Waals surface area (Å²) in [4.78, 5) is 37.3. The molecule has 1 fully saturated rings. The molecule has 0 radical (unpaired) electrons. The number of carbonyl (C=O) groups is 2. The molecule has 0 N–H and O–H groups in total. The quantitative estimate of drug-likeness (QED) is 0.150. The number of rotatable bonds is 8.